The lowest BCUT2D eigenvalue weighted by molar-refractivity contribution is 0.565. The van der Waals surface area contributed by atoms with Gasteiger partial charge < -0.3 is 10.6 Å². The van der Waals surface area contributed by atoms with Crippen molar-refractivity contribution in [3.8, 4) is 0 Å². The number of hydrogen-bond acceptors (Lipinski definition) is 4. The van der Waals surface area contributed by atoms with Crippen LogP contribution in [-0.4, -0.2) is 29.6 Å². The SMILES string of the molecule is CC(C)(C)c1ccnc(N2CCC(CN)C2)n1. The molecule has 1 atom stereocenters. The fourth-order valence-corrected chi connectivity index (χ4v) is 2.13. The van der Waals surface area contributed by atoms with Crippen LogP contribution in [0.15, 0.2) is 12.3 Å². The zero-order valence-corrected chi connectivity index (χ0v) is 11.0. The highest BCUT2D eigenvalue weighted by molar-refractivity contribution is 5.33. The monoisotopic (exact) mass is 234 g/mol. The van der Waals surface area contributed by atoms with Gasteiger partial charge in [0.1, 0.15) is 0 Å². The van der Waals surface area contributed by atoms with Gasteiger partial charge in [0.05, 0.1) is 5.69 Å². The summed E-state index contributed by atoms with van der Waals surface area (Å²) in [5.74, 6) is 1.45. The molecule has 0 bridgehead atoms. The molecule has 1 aliphatic heterocycles. The maximum Gasteiger partial charge on any atom is 0.225 e. The molecule has 1 saturated heterocycles. The van der Waals surface area contributed by atoms with Crippen LogP contribution in [0, 0.1) is 5.92 Å². The van der Waals surface area contributed by atoms with Crippen molar-refractivity contribution in [3.05, 3.63) is 18.0 Å². The summed E-state index contributed by atoms with van der Waals surface area (Å²) >= 11 is 0. The summed E-state index contributed by atoms with van der Waals surface area (Å²) in [6.45, 7) is 9.29. The van der Waals surface area contributed by atoms with Gasteiger partial charge in [-0.05, 0) is 24.9 Å². The first kappa shape index (κ1) is 12.3. The predicted octanol–water partition coefficient (Wildman–Crippen LogP) is 1.56. The minimum atomic E-state index is 0.0741. The standard InChI is InChI=1S/C13H22N4/c1-13(2,3)11-4-6-15-12(16-11)17-7-5-10(8-14)9-17/h4,6,10H,5,7-9,14H2,1-3H3. The van der Waals surface area contributed by atoms with Crippen LogP contribution in [0.4, 0.5) is 5.95 Å². The van der Waals surface area contributed by atoms with Crippen molar-refractivity contribution in [3.63, 3.8) is 0 Å². The van der Waals surface area contributed by atoms with E-state index in [-0.39, 0.29) is 5.41 Å². The van der Waals surface area contributed by atoms with Crippen LogP contribution in [0.25, 0.3) is 0 Å². The van der Waals surface area contributed by atoms with Crippen LogP contribution < -0.4 is 10.6 Å². The first-order valence-corrected chi connectivity index (χ1v) is 6.29. The van der Waals surface area contributed by atoms with Crippen LogP contribution in [0.2, 0.25) is 0 Å². The summed E-state index contributed by atoms with van der Waals surface area (Å²) in [7, 11) is 0. The van der Waals surface area contributed by atoms with Crippen molar-refractivity contribution in [1.29, 1.82) is 0 Å². The number of aromatic nitrogens is 2. The molecule has 1 aromatic heterocycles. The average Bonchev–Trinajstić information content (AvgIpc) is 2.76. The Morgan fingerprint density at radius 3 is 2.82 bits per heavy atom. The van der Waals surface area contributed by atoms with E-state index < -0.39 is 0 Å². The zero-order chi connectivity index (χ0) is 12.5. The van der Waals surface area contributed by atoms with Crippen molar-refractivity contribution in [2.75, 3.05) is 24.5 Å². The van der Waals surface area contributed by atoms with E-state index in [0.29, 0.717) is 5.92 Å². The van der Waals surface area contributed by atoms with Gasteiger partial charge in [0.15, 0.2) is 0 Å². The van der Waals surface area contributed by atoms with Crippen molar-refractivity contribution < 1.29 is 0 Å². The van der Waals surface area contributed by atoms with Crippen LogP contribution in [0.5, 0.6) is 0 Å². The van der Waals surface area contributed by atoms with Crippen LogP contribution in [0.3, 0.4) is 0 Å². The molecule has 2 heterocycles. The fourth-order valence-electron chi connectivity index (χ4n) is 2.13. The summed E-state index contributed by atoms with van der Waals surface area (Å²) in [5.41, 5.74) is 6.88. The summed E-state index contributed by atoms with van der Waals surface area (Å²) in [5, 5.41) is 0. The Balaban J connectivity index is 2.17. The van der Waals surface area contributed by atoms with E-state index in [0.717, 1.165) is 37.7 Å². The molecule has 94 valence electrons. The summed E-state index contributed by atoms with van der Waals surface area (Å²) in [6, 6.07) is 2.00. The van der Waals surface area contributed by atoms with Gasteiger partial charge in [-0.25, -0.2) is 9.97 Å². The van der Waals surface area contributed by atoms with Crippen molar-refractivity contribution in [1.82, 2.24) is 9.97 Å². The molecule has 0 spiro atoms. The molecule has 0 aromatic carbocycles. The van der Waals surface area contributed by atoms with E-state index in [4.69, 9.17) is 5.73 Å². The Bertz CT molecular complexity index is 383. The zero-order valence-electron chi connectivity index (χ0n) is 11.0. The Kier molecular flexibility index (Phi) is 3.33. The van der Waals surface area contributed by atoms with Gasteiger partial charge in [-0.2, -0.15) is 0 Å². The second-order valence-electron chi connectivity index (χ2n) is 5.83. The molecule has 0 amide bonds. The third-order valence-corrected chi connectivity index (χ3v) is 3.31. The summed E-state index contributed by atoms with van der Waals surface area (Å²) in [4.78, 5) is 11.3. The highest BCUT2D eigenvalue weighted by Gasteiger charge is 2.24. The number of hydrogen-bond donors (Lipinski definition) is 1. The van der Waals surface area contributed by atoms with Gasteiger partial charge in [-0.15, -0.1) is 0 Å². The smallest absolute Gasteiger partial charge is 0.225 e. The first-order chi connectivity index (χ1) is 8.00. The third kappa shape index (κ3) is 2.75. The summed E-state index contributed by atoms with van der Waals surface area (Å²) < 4.78 is 0. The molecular weight excluding hydrogens is 212 g/mol. The highest BCUT2D eigenvalue weighted by Crippen LogP contribution is 2.24. The second kappa shape index (κ2) is 4.61. The molecular formula is C13H22N4. The molecule has 0 radical (unpaired) electrons. The second-order valence-corrected chi connectivity index (χ2v) is 5.83. The molecule has 4 heteroatoms. The number of nitrogens with zero attached hydrogens (tertiary/aromatic N) is 3. The van der Waals surface area contributed by atoms with Crippen LogP contribution >= 0.6 is 0 Å². The molecule has 1 unspecified atom stereocenters. The minimum Gasteiger partial charge on any atom is -0.340 e. The fraction of sp³-hybridized carbons (Fsp3) is 0.692. The Morgan fingerprint density at radius 1 is 1.47 bits per heavy atom. The normalized spacial score (nSPS) is 20.9. The first-order valence-electron chi connectivity index (χ1n) is 6.29. The van der Waals surface area contributed by atoms with Gasteiger partial charge in [-0.3, -0.25) is 0 Å². The van der Waals surface area contributed by atoms with Crippen LogP contribution in [-0.2, 0) is 5.41 Å². The van der Waals surface area contributed by atoms with E-state index in [1.807, 2.05) is 12.3 Å². The average molecular weight is 234 g/mol. The van der Waals surface area contributed by atoms with Gasteiger partial charge in [0, 0.05) is 24.7 Å². The largest absolute Gasteiger partial charge is 0.340 e. The topological polar surface area (TPSA) is 55.0 Å². The maximum atomic E-state index is 5.71. The maximum absolute atomic E-state index is 5.71. The molecule has 0 aliphatic carbocycles. The molecule has 2 rings (SSSR count). The van der Waals surface area contributed by atoms with E-state index in [1.165, 1.54) is 0 Å². The molecule has 1 aliphatic rings. The quantitative estimate of drug-likeness (QED) is 0.843. The van der Waals surface area contributed by atoms with E-state index >= 15 is 0 Å². The number of nitrogens with two attached hydrogens (primary N) is 1. The van der Waals surface area contributed by atoms with Crippen LogP contribution in [0.1, 0.15) is 32.9 Å². The van der Waals surface area contributed by atoms with Gasteiger partial charge >= 0.3 is 0 Å². The van der Waals surface area contributed by atoms with E-state index in [1.54, 1.807) is 0 Å². The predicted molar refractivity (Wildman–Crippen MR) is 70.1 cm³/mol. The highest BCUT2D eigenvalue weighted by atomic mass is 15.3. The van der Waals surface area contributed by atoms with Crippen molar-refractivity contribution in [2.24, 2.45) is 11.7 Å². The summed E-state index contributed by atoms with van der Waals surface area (Å²) in [6.07, 6.45) is 3.01. The van der Waals surface area contributed by atoms with E-state index in [2.05, 4.69) is 35.6 Å². The van der Waals surface area contributed by atoms with Gasteiger partial charge in [0.25, 0.3) is 0 Å². The van der Waals surface area contributed by atoms with E-state index in [9.17, 15) is 0 Å². The Morgan fingerprint density at radius 2 is 2.24 bits per heavy atom. The minimum absolute atomic E-state index is 0.0741. The molecule has 2 N–H and O–H groups in total. The van der Waals surface area contributed by atoms with Gasteiger partial charge in [0.2, 0.25) is 5.95 Å². The lowest BCUT2D eigenvalue weighted by Gasteiger charge is -2.21. The number of anilines is 1. The van der Waals surface area contributed by atoms with Gasteiger partial charge in [-0.1, -0.05) is 20.8 Å². The lowest BCUT2D eigenvalue weighted by Crippen LogP contribution is -2.25. The molecule has 4 nitrogen and oxygen atoms in total. The third-order valence-electron chi connectivity index (χ3n) is 3.31. The van der Waals surface area contributed by atoms with Crippen molar-refractivity contribution in [2.45, 2.75) is 32.6 Å². The molecule has 1 fully saturated rings. The molecule has 17 heavy (non-hydrogen) atoms. The Hall–Kier alpha value is -1.16. The molecule has 1 aromatic rings. The number of rotatable bonds is 2. The Labute approximate surface area is 103 Å². The lowest BCUT2D eigenvalue weighted by atomic mass is 9.92. The molecule has 0 saturated carbocycles. The van der Waals surface area contributed by atoms with Crippen molar-refractivity contribution >= 4 is 5.95 Å².